The van der Waals surface area contributed by atoms with Crippen molar-refractivity contribution in [3.05, 3.63) is 68.7 Å². The predicted molar refractivity (Wildman–Crippen MR) is 115 cm³/mol. The molecule has 0 bridgehead atoms. The molecule has 2 amide bonds. The second-order valence-corrected chi connectivity index (χ2v) is 8.16. The first-order valence-electron chi connectivity index (χ1n) is 9.55. The highest BCUT2D eigenvalue weighted by molar-refractivity contribution is 6.42. The molecule has 1 aliphatic carbocycles. The highest BCUT2D eigenvalue weighted by Crippen LogP contribution is 2.44. The van der Waals surface area contributed by atoms with Crippen LogP contribution in [0.2, 0.25) is 10.0 Å². The summed E-state index contributed by atoms with van der Waals surface area (Å²) in [6.45, 7) is 0. The number of hydrogen-bond donors (Lipinski definition) is 2. The maximum atomic E-state index is 11.6. The van der Waals surface area contributed by atoms with Gasteiger partial charge in [0.2, 0.25) is 5.91 Å². The summed E-state index contributed by atoms with van der Waals surface area (Å²) in [5, 5.41) is 13.1. The molecule has 0 spiro atoms. The van der Waals surface area contributed by atoms with E-state index in [1.54, 1.807) is 20.2 Å². The second-order valence-electron chi connectivity index (χ2n) is 7.35. The minimum atomic E-state index is -0.947. The number of hydrogen-bond acceptors (Lipinski definition) is 2. The number of carbonyl (C=O) groups excluding carboxylic acids is 1. The zero-order valence-corrected chi connectivity index (χ0v) is 17.9. The minimum Gasteiger partial charge on any atom is -0.465 e. The molecule has 2 N–H and O–H groups in total. The van der Waals surface area contributed by atoms with Gasteiger partial charge in [-0.15, -0.1) is 0 Å². The number of aryl methyl sites for hydroxylation is 1. The largest absolute Gasteiger partial charge is 0.465 e. The molecule has 0 aliphatic heterocycles. The number of nitrogens with zero attached hydrogens (tertiary/aromatic N) is 1. The third-order valence-electron chi connectivity index (χ3n) is 5.65. The Hall–Kier alpha value is -2.24. The lowest BCUT2D eigenvalue weighted by molar-refractivity contribution is -0.120. The first-order chi connectivity index (χ1) is 13.8. The molecule has 0 heterocycles. The van der Waals surface area contributed by atoms with Gasteiger partial charge < -0.3 is 15.3 Å². The van der Waals surface area contributed by atoms with Crippen LogP contribution in [0.15, 0.2) is 36.4 Å². The predicted octanol–water partition coefficient (Wildman–Crippen LogP) is 5.25. The fourth-order valence-electron chi connectivity index (χ4n) is 4.01. The van der Waals surface area contributed by atoms with Crippen molar-refractivity contribution >= 4 is 35.2 Å². The highest BCUT2D eigenvalue weighted by Gasteiger charge is 2.32. The molecule has 154 valence electrons. The Bertz CT molecular complexity index is 932. The molecule has 2 atom stereocenters. The lowest BCUT2D eigenvalue weighted by Gasteiger charge is -2.36. The number of halogens is 2. The van der Waals surface area contributed by atoms with Gasteiger partial charge >= 0.3 is 6.09 Å². The average Bonchev–Trinajstić information content (AvgIpc) is 2.72. The van der Waals surface area contributed by atoms with Crippen LogP contribution in [-0.2, 0) is 11.2 Å². The van der Waals surface area contributed by atoms with Gasteiger partial charge in [-0.1, -0.05) is 47.5 Å². The summed E-state index contributed by atoms with van der Waals surface area (Å²) in [5.41, 5.74) is 4.19. The van der Waals surface area contributed by atoms with Crippen molar-refractivity contribution in [3.8, 4) is 0 Å². The standard InChI is InChI=1S/C22H24Cl2N2O3/c1-25-21(27)10-4-13-3-6-16-17(11-13)15(7-9-20(16)26(2)22(28)29)14-5-8-18(23)19(24)12-14/h3,5-6,8,11-12,15,20H,4,7,9-10H2,1-2H3,(H,25,27)(H,28,29)/t15-,20-/m0/s1. The van der Waals surface area contributed by atoms with Gasteiger partial charge in [-0.05, 0) is 53.6 Å². The van der Waals surface area contributed by atoms with E-state index in [-0.39, 0.29) is 17.9 Å². The van der Waals surface area contributed by atoms with E-state index in [2.05, 4.69) is 11.4 Å². The summed E-state index contributed by atoms with van der Waals surface area (Å²) in [7, 11) is 3.23. The van der Waals surface area contributed by atoms with E-state index in [4.69, 9.17) is 23.2 Å². The molecule has 0 fully saturated rings. The Labute approximate surface area is 180 Å². The smallest absolute Gasteiger partial charge is 0.407 e. The molecule has 0 unspecified atom stereocenters. The van der Waals surface area contributed by atoms with Crippen molar-refractivity contribution in [2.24, 2.45) is 0 Å². The van der Waals surface area contributed by atoms with Gasteiger partial charge in [0.05, 0.1) is 16.1 Å². The summed E-state index contributed by atoms with van der Waals surface area (Å²) in [4.78, 5) is 24.6. The Morgan fingerprint density at radius 1 is 1.10 bits per heavy atom. The van der Waals surface area contributed by atoms with Crippen molar-refractivity contribution in [1.29, 1.82) is 0 Å². The van der Waals surface area contributed by atoms with Crippen molar-refractivity contribution < 1.29 is 14.7 Å². The molecule has 29 heavy (non-hydrogen) atoms. The van der Waals surface area contributed by atoms with Crippen LogP contribution in [0.1, 0.15) is 53.5 Å². The molecule has 2 aromatic rings. The molecule has 1 aliphatic rings. The maximum Gasteiger partial charge on any atom is 0.407 e. The summed E-state index contributed by atoms with van der Waals surface area (Å²) < 4.78 is 0. The van der Waals surface area contributed by atoms with Crippen molar-refractivity contribution in [3.63, 3.8) is 0 Å². The molecule has 0 saturated carbocycles. The first kappa shape index (κ1) is 21.5. The number of carbonyl (C=O) groups is 2. The number of fused-ring (bicyclic) bond motifs is 1. The number of benzene rings is 2. The number of carboxylic acid groups (broad SMARTS) is 1. The van der Waals surface area contributed by atoms with Crippen LogP contribution < -0.4 is 5.32 Å². The lowest BCUT2D eigenvalue weighted by atomic mass is 9.75. The highest BCUT2D eigenvalue weighted by atomic mass is 35.5. The zero-order valence-electron chi connectivity index (χ0n) is 16.4. The fourth-order valence-corrected chi connectivity index (χ4v) is 4.32. The Morgan fingerprint density at radius 3 is 2.52 bits per heavy atom. The molecular formula is C22H24Cl2N2O3. The molecule has 0 aromatic heterocycles. The van der Waals surface area contributed by atoms with Gasteiger partial charge in [-0.25, -0.2) is 4.79 Å². The van der Waals surface area contributed by atoms with Gasteiger partial charge in [-0.2, -0.15) is 0 Å². The Balaban J connectivity index is 2.02. The molecular weight excluding hydrogens is 411 g/mol. The second kappa shape index (κ2) is 9.06. The average molecular weight is 435 g/mol. The summed E-state index contributed by atoms with van der Waals surface area (Å²) in [6.07, 6.45) is 1.61. The molecule has 2 aromatic carbocycles. The van der Waals surface area contributed by atoms with Crippen LogP contribution in [-0.4, -0.2) is 36.1 Å². The topological polar surface area (TPSA) is 69.6 Å². The lowest BCUT2D eigenvalue weighted by Crippen LogP contribution is -2.33. The van der Waals surface area contributed by atoms with E-state index in [9.17, 15) is 14.7 Å². The van der Waals surface area contributed by atoms with Crippen LogP contribution in [0.3, 0.4) is 0 Å². The molecule has 0 radical (unpaired) electrons. The Kier molecular flexibility index (Phi) is 6.70. The molecule has 3 rings (SSSR count). The molecule has 7 heteroatoms. The monoisotopic (exact) mass is 434 g/mol. The third kappa shape index (κ3) is 4.68. The van der Waals surface area contributed by atoms with Crippen molar-refractivity contribution in [2.45, 2.75) is 37.6 Å². The van der Waals surface area contributed by atoms with Gasteiger partial charge in [0.25, 0.3) is 0 Å². The third-order valence-corrected chi connectivity index (χ3v) is 6.39. The van der Waals surface area contributed by atoms with Gasteiger partial charge in [0.1, 0.15) is 0 Å². The SMILES string of the molecule is CNC(=O)CCc1ccc2c(c1)[C@H](c1ccc(Cl)c(Cl)c1)CC[C@@H]2N(C)C(=O)O. The van der Waals surface area contributed by atoms with Crippen LogP contribution in [0.4, 0.5) is 4.79 Å². The van der Waals surface area contributed by atoms with E-state index in [1.807, 2.05) is 24.3 Å². The number of amides is 2. The number of nitrogens with one attached hydrogen (secondary N) is 1. The van der Waals surface area contributed by atoms with Gasteiger partial charge in [-0.3, -0.25) is 4.79 Å². The van der Waals surface area contributed by atoms with Crippen molar-refractivity contribution in [2.75, 3.05) is 14.1 Å². The van der Waals surface area contributed by atoms with E-state index >= 15 is 0 Å². The van der Waals surface area contributed by atoms with Crippen molar-refractivity contribution in [1.82, 2.24) is 10.2 Å². The minimum absolute atomic E-state index is 0.00718. The molecule has 0 saturated heterocycles. The quantitative estimate of drug-likeness (QED) is 0.674. The van der Waals surface area contributed by atoms with E-state index in [0.29, 0.717) is 22.9 Å². The maximum absolute atomic E-state index is 11.6. The number of rotatable bonds is 5. The van der Waals surface area contributed by atoms with Crippen LogP contribution in [0.5, 0.6) is 0 Å². The van der Waals surface area contributed by atoms with E-state index < -0.39 is 6.09 Å². The molecule has 5 nitrogen and oxygen atoms in total. The van der Waals surface area contributed by atoms with Crippen LogP contribution in [0.25, 0.3) is 0 Å². The van der Waals surface area contributed by atoms with Crippen LogP contribution in [0, 0.1) is 0 Å². The Morgan fingerprint density at radius 2 is 1.86 bits per heavy atom. The zero-order chi connectivity index (χ0) is 21.1. The summed E-state index contributed by atoms with van der Waals surface area (Å²) in [6, 6.07) is 11.5. The summed E-state index contributed by atoms with van der Waals surface area (Å²) in [5.74, 6) is 0.0883. The van der Waals surface area contributed by atoms with Gasteiger partial charge in [0.15, 0.2) is 0 Å². The van der Waals surface area contributed by atoms with E-state index in [1.165, 1.54) is 4.90 Å². The normalized spacial score (nSPS) is 18.1. The first-order valence-corrected chi connectivity index (χ1v) is 10.3. The van der Waals surface area contributed by atoms with E-state index in [0.717, 1.165) is 35.1 Å². The fraction of sp³-hybridized carbons (Fsp3) is 0.364. The summed E-state index contributed by atoms with van der Waals surface area (Å²) >= 11 is 12.3. The van der Waals surface area contributed by atoms with Crippen LogP contribution >= 0.6 is 23.2 Å². The van der Waals surface area contributed by atoms with Gasteiger partial charge in [0, 0.05) is 26.4 Å².